The van der Waals surface area contributed by atoms with Gasteiger partial charge >= 0.3 is 0 Å². The average molecular weight is 621 g/mol. The molecule has 0 aromatic heterocycles. The first-order chi connectivity index (χ1) is 19.7. The third-order valence-electron chi connectivity index (χ3n) is 11.3. The first-order valence-corrected chi connectivity index (χ1v) is 17.9. The Bertz CT molecular complexity index is 1030. The monoisotopic (exact) mass is 619 g/mol. The Morgan fingerprint density at radius 3 is 2.44 bits per heavy atom. The van der Waals surface area contributed by atoms with E-state index in [9.17, 15) is 4.79 Å². The highest BCUT2D eigenvalue weighted by Crippen LogP contribution is 2.67. The van der Waals surface area contributed by atoms with Gasteiger partial charge in [0.25, 0.3) is 0 Å². The quantitative estimate of drug-likeness (QED) is 0.243. The van der Waals surface area contributed by atoms with Crippen LogP contribution in [0.1, 0.15) is 118 Å². The summed E-state index contributed by atoms with van der Waals surface area (Å²) in [5.41, 5.74) is 1.15. The van der Waals surface area contributed by atoms with Gasteiger partial charge in [0, 0.05) is 16.3 Å². The van der Waals surface area contributed by atoms with E-state index in [4.69, 9.17) is 23.2 Å². The number of nitrogens with one attached hydrogen (secondary N) is 1. The molecule has 230 valence electrons. The van der Waals surface area contributed by atoms with Crippen molar-refractivity contribution >= 4 is 41.1 Å². The number of amides is 1. The number of carbonyl (C=O) groups is 1. The van der Waals surface area contributed by atoms with Crippen LogP contribution in [0.4, 0.5) is 0 Å². The largest absolute Gasteiger partial charge is 0.296 e. The molecule has 1 aromatic rings. The van der Waals surface area contributed by atoms with E-state index < -0.39 is 0 Å². The van der Waals surface area contributed by atoms with Gasteiger partial charge in [-0.3, -0.25) is 9.52 Å². The maximum atomic E-state index is 12.4. The van der Waals surface area contributed by atoms with Crippen molar-refractivity contribution < 1.29 is 4.79 Å². The molecular weight excluding hydrogens is 565 g/mol. The van der Waals surface area contributed by atoms with Crippen molar-refractivity contribution in [2.24, 2.45) is 40.4 Å². The molecule has 4 fully saturated rings. The summed E-state index contributed by atoms with van der Waals surface area (Å²) in [5.74, 6) is 4.85. The Kier molecular flexibility index (Phi) is 13.7. The van der Waals surface area contributed by atoms with Crippen molar-refractivity contribution in [3.8, 4) is 0 Å². The topological polar surface area (TPSA) is 29.1 Å². The highest BCUT2D eigenvalue weighted by molar-refractivity contribution is 7.98. The molecule has 7 atom stereocenters. The van der Waals surface area contributed by atoms with E-state index in [0.717, 1.165) is 40.9 Å². The lowest BCUT2D eigenvalue weighted by molar-refractivity contribution is -0.119. The van der Waals surface area contributed by atoms with Gasteiger partial charge < -0.3 is 0 Å². The molecule has 0 spiro atoms. The molecule has 7 unspecified atom stereocenters. The number of rotatable bonds is 7. The molecule has 4 aliphatic rings. The van der Waals surface area contributed by atoms with Crippen LogP contribution < -0.4 is 4.72 Å². The Labute approximate surface area is 266 Å². The highest BCUT2D eigenvalue weighted by Gasteiger charge is 2.59. The molecule has 1 aromatic carbocycles. The summed E-state index contributed by atoms with van der Waals surface area (Å²) >= 11 is 12.9. The SMILES string of the molecule is C=C/C(Cl)=C\C.CC.CC12CCCCC1CCC1C2CCC2(C)C(CCCC(=O)NSc3ccccc3Cl)CCC12. The Hall–Kier alpha value is -0.900. The van der Waals surface area contributed by atoms with Crippen LogP contribution in [0.3, 0.4) is 0 Å². The predicted octanol–water partition coefficient (Wildman–Crippen LogP) is 12.0. The zero-order valence-electron chi connectivity index (χ0n) is 26.3. The fourth-order valence-corrected chi connectivity index (χ4v) is 10.1. The Balaban J connectivity index is 0.000000515. The van der Waals surface area contributed by atoms with Gasteiger partial charge in [-0.1, -0.05) is 94.6 Å². The molecular formula is C36H55Cl2NOS. The standard InChI is InChI=1S/C29H42ClNOS.C5H7Cl.C2H6/c1-28-18-6-5-8-20(28)13-15-22-23-16-14-21(29(23,2)19-17-24(22)28)9-7-12-27(32)31-33-26-11-4-3-10-25(26)30;1-3-5(6)4-2;1-2/h3-4,10-11,20-24H,5-9,12-19H2,1-2H3,(H,31,32);3-4H,1H2,2H3;1-2H3/b;5-4+;. The third kappa shape index (κ3) is 8.18. The van der Waals surface area contributed by atoms with Crippen molar-refractivity contribution in [2.45, 2.75) is 123 Å². The molecule has 4 aliphatic carbocycles. The maximum absolute atomic E-state index is 12.4. The summed E-state index contributed by atoms with van der Waals surface area (Å²) < 4.78 is 2.99. The minimum absolute atomic E-state index is 0.131. The normalized spacial score (nSPS) is 33.9. The van der Waals surface area contributed by atoms with Crippen LogP contribution in [-0.2, 0) is 4.79 Å². The number of allylic oxidation sites excluding steroid dienone is 3. The molecule has 0 aliphatic heterocycles. The third-order valence-corrected chi connectivity index (χ3v) is 13.0. The van der Waals surface area contributed by atoms with Crippen LogP contribution in [0.2, 0.25) is 5.02 Å². The Morgan fingerprint density at radius 1 is 1.02 bits per heavy atom. The molecule has 2 nitrogen and oxygen atoms in total. The highest BCUT2D eigenvalue weighted by atomic mass is 35.5. The molecule has 1 amide bonds. The van der Waals surface area contributed by atoms with E-state index in [2.05, 4.69) is 25.1 Å². The van der Waals surface area contributed by atoms with E-state index in [1.54, 1.807) is 12.2 Å². The number of fused-ring (bicyclic) bond motifs is 5. The Morgan fingerprint density at radius 2 is 1.76 bits per heavy atom. The summed E-state index contributed by atoms with van der Waals surface area (Å²) in [5, 5.41) is 1.40. The number of hydrogen-bond donors (Lipinski definition) is 1. The predicted molar refractivity (Wildman–Crippen MR) is 180 cm³/mol. The van der Waals surface area contributed by atoms with E-state index in [1.165, 1.54) is 82.6 Å². The van der Waals surface area contributed by atoms with Gasteiger partial charge in [-0.2, -0.15) is 0 Å². The summed E-state index contributed by atoms with van der Waals surface area (Å²) in [6, 6.07) is 7.68. The van der Waals surface area contributed by atoms with Gasteiger partial charge in [-0.15, -0.1) is 0 Å². The van der Waals surface area contributed by atoms with Crippen molar-refractivity contribution in [1.29, 1.82) is 0 Å². The molecule has 41 heavy (non-hydrogen) atoms. The van der Waals surface area contributed by atoms with Crippen molar-refractivity contribution in [2.75, 3.05) is 0 Å². The first kappa shape index (κ1) is 34.6. The van der Waals surface area contributed by atoms with Crippen LogP contribution in [0, 0.1) is 40.4 Å². The van der Waals surface area contributed by atoms with E-state index in [0.29, 0.717) is 27.3 Å². The fraction of sp³-hybridized carbons (Fsp3) is 0.694. The van der Waals surface area contributed by atoms with Crippen LogP contribution in [0.25, 0.3) is 0 Å². The number of benzene rings is 1. The van der Waals surface area contributed by atoms with E-state index in [-0.39, 0.29) is 5.91 Å². The summed E-state index contributed by atoms with van der Waals surface area (Å²) in [6.07, 6.45) is 20.9. The van der Waals surface area contributed by atoms with E-state index in [1.807, 2.05) is 45.0 Å². The van der Waals surface area contributed by atoms with Gasteiger partial charge in [-0.05, 0) is 136 Å². The van der Waals surface area contributed by atoms with Crippen LogP contribution >= 0.6 is 35.1 Å². The lowest BCUT2D eigenvalue weighted by Crippen LogP contribution is -2.52. The van der Waals surface area contributed by atoms with Gasteiger partial charge in [0.2, 0.25) is 5.91 Å². The second-order valence-electron chi connectivity index (χ2n) is 13.0. The number of carbonyl (C=O) groups excluding carboxylic acids is 1. The molecule has 5 heteroatoms. The number of hydrogen-bond acceptors (Lipinski definition) is 2. The number of halogens is 2. The molecule has 1 N–H and O–H groups in total. The van der Waals surface area contributed by atoms with Gasteiger partial charge in [-0.25, -0.2) is 0 Å². The lowest BCUT2D eigenvalue weighted by atomic mass is 9.45. The zero-order chi connectivity index (χ0) is 30.0. The fourth-order valence-electron chi connectivity index (χ4n) is 9.20. The van der Waals surface area contributed by atoms with Gasteiger partial charge in [0.1, 0.15) is 0 Å². The van der Waals surface area contributed by atoms with Crippen LogP contribution in [0.15, 0.2) is 52.9 Å². The van der Waals surface area contributed by atoms with Crippen molar-refractivity contribution in [3.63, 3.8) is 0 Å². The zero-order valence-corrected chi connectivity index (χ0v) is 28.7. The summed E-state index contributed by atoms with van der Waals surface area (Å²) in [6.45, 7) is 14.6. The molecule has 0 bridgehead atoms. The molecule has 0 radical (unpaired) electrons. The second kappa shape index (κ2) is 16.2. The van der Waals surface area contributed by atoms with Crippen molar-refractivity contribution in [3.05, 3.63) is 53.1 Å². The smallest absolute Gasteiger partial charge is 0.230 e. The van der Waals surface area contributed by atoms with Gasteiger partial charge in [0.15, 0.2) is 0 Å². The molecule has 0 saturated heterocycles. The summed E-state index contributed by atoms with van der Waals surface area (Å²) in [7, 11) is 0. The average Bonchev–Trinajstić information content (AvgIpc) is 3.33. The molecule has 4 saturated carbocycles. The lowest BCUT2D eigenvalue weighted by Gasteiger charge is -2.60. The van der Waals surface area contributed by atoms with Crippen LogP contribution in [0.5, 0.6) is 0 Å². The van der Waals surface area contributed by atoms with E-state index >= 15 is 0 Å². The minimum atomic E-state index is 0.131. The second-order valence-corrected chi connectivity index (χ2v) is 14.7. The molecule has 5 rings (SSSR count). The summed E-state index contributed by atoms with van der Waals surface area (Å²) in [4.78, 5) is 13.4. The first-order valence-electron chi connectivity index (χ1n) is 16.4. The van der Waals surface area contributed by atoms with Crippen LogP contribution in [-0.4, -0.2) is 5.91 Å². The molecule has 0 heterocycles. The van der Waals surface area contributed by atoms with Crippen molar-refractivity contribution in [1.82, 2.24) is 4.72 Å². The minimum Gasteiger partial charge on any atom is -0.296 e. The maximum Gasteiger partial charge on any atom is 0.230 e. The van der Waals surface area contributed by atoms with Gasteiger partial charge in [0.05, 0.1) is 5.02 Å².